The molecule has 1 aliphatic heterocycles. The van der Waals surface area contributed by atoms with E-state index in [1.165, 1.54) is 0 Å². The van der Waals surface area contributed by atoms with Crippen molar-refractivity contribution in [2.75, 3.05) is 6.79 Å². The van der Waals surface area contributed by atoms with Gasteiger partial charge in [-0.3, -0.25) is 9.59 Å². The largest absolute Gasteiger partial charge is 0.454 e. The van der Waals surface area contributed by atoms with E-state index < -0.39 is 6.04 Å². The normalized spacial score (nSPS) is 14.1. The van der Waals surface area contributed by atoms with E-state index in [4.69, 9.17) is 9.47 Å². The third kappa shape index (κ3) is 6.00. The first-order valence-electron chi connectivity index (χ1n) is 10.9. The first-order chi connectivity index (χ1) is 14.9. The van der Waals surface area contributed by atoms with Crippen LogP contribution in [0.2, 0.25) is 0 Å². The zero-order chi connectivity index (χ0) is 22.4. The van der Waals surface area contributed by atoms with E-state index in [2.05, 4.69) is 11.4 Å². The van der Waals surface area contributed by atoms with Crippen LogP contribution >= 0.6 is 0 Å². The predicted octanol–water partition coefficient (Wildman–Crippen LogP) is 3.99. The van der Waals surface area contributed by atoms with E-state index >= 15 is 0 Å². The molecule has 31 heavy (non-hydrogen) atoms. The van der Waals surface area contributed by atoms with E-state index in [1.807, 2.05) is 57.2 Å². The molecule has 2 amide bonds. The summed E-state index contributed by atoms with van der Waals surface area (Å²) in [7, 11) is 0. The van der Waals surface area contributed by atoms with Gasteiger partial charge in [0.2, 0.25) is 18.6 Å². The number of ether oxygens (including phenoxy) is 2. The topological polar surface area (TPSA) is 67.9 Å². The molecule has 3 rings (SSSR count). The molecule has 2 aromatic carbocycles. The smallest absolute Gasteiger partial charge is 0.242 e. The first-order valence-corrected chi connectivity index (χ1v) is 10.9. The minimum atomic E-state index is -0.557. The van der Waals surface area contributed by atoms with Crippen LogP contribution in [-0.4, -0.2) is 35.6 Å². The fourth-order valence-corrected chi connectivity index (χ4v) is 3.55. The number of fused-ring (bicyclic) bond motifs is 1. The van der Waals surface area contributed by atoms with E-state index in [0.29, 0.717) is 25.1 Å². The zero-order valence-electron chi connectivity index (χ0n) is 18.8. The van der Waals surface area contributed by atoms with Crippen LogP contribution in [0.1, 0.15) is 50.3 Å². The van der Waals surface area contributed by atoms with Crippen molar-refractivity contribution in [3.8, 4) is 11.5 Å². The van der Waals surface area contributed by atoms with Crippen molar-refractivity contribution in [3.63, 3.8) is 0 Å². The van der Waals surface area contributed by atoms with E-state index in [1.54, 1.807) is 11.8 Å². The molecule has 0 spiro atoms. The van der Waals surface area contributed by atoms with Crippen LogP contribution in [-0.2, 0) is 22.6 Å². The molecule has 2 atom stereocenters. The number of carbonyl (C=O) groups excluding carboxylic acids is 2. The lowest BCUT2D eigenvalue weighted by Crippen LogP contribution is -2.49. The van der Waals surface area contributed by atoms with Gasteiger partial charge in [-0.1, -0.05) is 42.8 Å². The maximum Gasteiger partial charge on any atom is 0.242 e. The molecule has 1 aliphatic rings. The molecule has 0 radical (unpaired) electrons. The number of aryl methyl sites for hydroxylation is 2. The number of hydrogen-bond acceptors (Lipinski definition) is 4. The van der Waals surface area contributed by atoms with Crippen LogP contribution in [0, 0.1) is 6.92 Å². The quantitative estimate of drug-likeness (QED) is 0.661. The summed E-state index contributed by atoms with van der Waals surface area (Å²) in [5.41, 5.74) is 3.14. The average Bonchev–Trinajstić information content (AvgIpc) is 3.23. The molecule has 0 bridgehead atoms. The molecular formula is C25H32N2O4. The molecular weight excluding hydrogens is 392 g/mol. The van der Waals surface area contributed by atoms with Gasteiger partial charge < -0.3 is 19.7 Å². The number of benzene rings is 2. The summed E-state index contributed by atoms with van der Waals surface area (Å²) in [6.07, 6.45) is 1.72. The molecule has 166 valence electrons. The third-order valence-corrected chi connectivity index (χ3v) is 5.67. The Labute approximate surface area is 184 Å². The van der Waals surface area contributed by atoms with Gasteiger partial charge in [0, 0.05) is 19.0 Å². The van der Waals surface area contributed by atoms with E-state index in [9.17, 15) is 9.59 Å². The van der Waals surface area contributed by atoms with Crippen molar-refractivity contribution in [1.82, 2.24) is 10.2 Å². The van der Waals surface area contributed by atoms with Gasteiger partial charge in [-0.15, -0.1) is 0 Å². The Balaban J connectivity index is 1.72. The molecule has 6 nitrogen and oxygen atoms in total. The van der Waals surface area contributed by atoms with Crippen LogP contribution in [0.15, 0.2) is 42.5 Å². The number of carbonyl (C=O) groups is 2. The molecule has 1 N–H and O–H groups in total. The number of rotatable bonds is 9. The molecule has 0 aromatic heterocycles. The molecule has 0 aliphatic carbocycles. The second-order valence-electron chi connectivity index (χ2n) is 8.19. The van der Waals surface area contributed by atoms with Gasteiger partial charge >= 0.3 is 0 Å². The number of nitrogens with zero attached hydrogens (tertiary/aromatic N) is 1. The molecule has 0 saturated carbocycles. The molecule has 6 heteroatoms. The Morgan fingerprint density at radius 2 is 1.84 bits per heavy atom. The standard InChI is InChI=1S/C25H32N2O4/c1-5-18(3)26-25(29)19(4)27(15-21-8-6-7-17(2)13-21)24(28)12-10-20-9-11-22-23(14-20)31-16-30-22/h6-9,11,13-14,18-19H,5,10,12,15-16H2,1-4H3,(H,26,29)/t18-,19-/m0/s1. The molecule has 0 saturated heterocycles. The van der Waals surface area contributed by atoms with Gasteiger partial charge in [-0.25, -0.2) is 0 Å². The van der Waals surface area contributed by atoms with Crippen LogP contribution < -0.4 is 14.8 Å². The lowest BCUT2D eigenvalue weighted by atomic mass is 10.1. The lowest BCUT2D eigenvalue weighted by Gasteiger charge is -2.30. The van der Waals surface area contributed by atoms with Gasteiger partial charge in [0.25, 0.3) is 0 Å². The maximum atomic E-state index is 13.2. The summed E-state index contributed by atoms with van der Waals surface area (Å²) in [5.74, 6) is 1.26. The zero-order valence-corrected chi connectivity index (χ0v) is 18.8. The van der Waals surface area contributed by atoms with Gasteiger partial charge in [-0.05, 0) is 56.9 Å². The van der Waals surface area contributed by atoms with Gasteiger partial charge in [0.05, 0.1) is 0 Å². The Bertz CT molecular complexity index is 927. The molecule has 0 fully saturated rings. The van der Waals surface area contributed by atoms with Gasteiger partial charge in [0.15, 0.2) is 11.5 Å². The van der Waals surface area contributed by atoms with Crippen molar-refractivity contribution in [3.05, 3.63) is 59.2 Å². The van der Waals surface area contributed by atoms with Crippen molar-refractivity contribution < 1.29 is 19.1 Å². The Hall–Kier alpha value is -3.02. The SMILES string of the molecule is CC[C@H](C)NC(=O)[C@H](C)N(Cc1cccc(C)c1)C(=O)CCc1ccc2c(c1)OCO2. The summed E-state index contributed by atoms with van der Waals surface area (Å²) >= 11 is 0. The Kier molecular flexibility index (Phi) is 7.55. The highest BCUT2D eigenvalue weighted by atomic mass is 16.7. The number of hydrogen-bond donors (Lipinski definition) is 1. The number of nitrogens with one attached hydrogen (secondary N) is 1. The fraction of sp³-hybridized carbons (Fsp3) is 0.440. The predicted molar refractivity (Wildman–Crippen MR) is 120 cm³/mol. The van der Waals surface area contributed by atoms with Gasteiger partial charge in [0.1, 0.15) is 6.04 Å². The maximum absolute atomic E-state index is 13.2. The van der Waals surface area contributed by atoms with Crippen molar-refractivity contribution >= 4 is 11.8 Å². The monoisotopic (exact) mass is 424 g/mol. The van der Waals surface area contributed by atoms with Crippen molar-refractivity contribution in [2.24, 2.45) is 0 Å². The van der Waals surface area contributed by atoms with Crippen LogP contribution in [0.3, 0.4) is 0 Å². The van der Waals surface area contributed by atoms with Gasteiger partial charge in [-0.2, -0.15) is 0 Å². The second-order valence-corrected chi connectivity index (χ2v) is 8.19. The minimum absolute atomic E-state index is 0.0500. The highest BCUT2D eigenvalue weighted by Crippen LogP contribution is 2.32. The summed E-state index contributed by atoms with van der Waals surface area (Å²) in [6, 6.07) is 13.3. The highest BCUT2D eigenvalue weighted by Gasteiger charge is 2.26. The first kappa shape index (κ1) is 22.7. The average molecular weight is 425 g/mol. The number of amides is 2. The lowest BCUT2D eigenvalue weighted by molar-refractivity contribution is -0.140. The third-order valence-electron chi connectivity index (χ3n) is 5.67. The van der Waals surface area contributed by atoms with E-state index in [-0.39, 0.29) is 24.6 Å². The van der Waals surface area contributed by atoms with Crippen LogP contribution in [0.4, 0.5) is 0 Å². The second kappa shape index (κ2) is 10.3. The van der Waals surface area contributed by atoms with Crippen molar-refractivity contribution in [1.29, 1.82) is 0 Å². The fourth-order valence-electron chi connectivity index (χ4n) is 3.55. The Morgan fingerprint density at radius 3 is 2.58 bits per heavy atom. The molecule has 0 unspecified atom stereocenters. The summed E-state index contributed by atoms with van der Waals surface area (Å²) in [5, 5.41) is 3.00. The minimum Gasteiger partial charge on any atom is -0.454 e. The Morgan fingerprint density at radius 1 is 1.06 bits per heavy atom. The molecule has 2 aromatic rings. The van der Waals surface area contributed by atoms with Crippen LogP contribution in [0.5, 0.6) is 11.5 Å². The highest BCUT2D eigenvalue weighted by molar-refractivity contribution is 5.87. The summed E-state index contributed by atoms with van der Waals surface area (Å²) in [6.45, 7) is 8.44. The van der Waals surface area contributed by atoms with E-state index in [0.717, 1.165) is 28.9 Å². The summed E-state index contributed by atoms with van der Waals surface area (Å²) in [4.78, 5) is 27.7. The molecule has 1 heterocycles. The summed E-state index contributed by atoms with van der Waals surface area (Å²) < 4.78 is 10.8. The van der Waals surface area contributed by atoms with Crippen molar-refractivity contribution in [2.45, 2.75) is 65.6 Å². The van der Waals surface area contributed by atoms with Crippen LogP contribution in [0.25, 0.3) is 0 Å².